The number of aryl methyl sites for hydroxylation is 2. The van der Waals surface area contributed by atoms with Crippen molar-refractivity contribution in [1.29, 1.82) is 0 Å². The molecule has 1 aromatic heterocycles. The van der Waals surface area contributed by atoms with Crippen LogP contribution in [0.25, 0.3) is 0 Å². The number of aromatic nitrogens is 2. The van der Waals surface area contributed by atoms with Crippen LogP contribution in [0.2, 0.25) is 0 Å². The van der Waals surface area contributed by atoms with Crippen molar-refractivity contribution >= 4 is 21.8 Å². The highest BCUT2D eigenvalue weighted by molar-refractivity contribution is 9.08. The third-order valence-corrected chi connectivity index (χ3v) is 8.36. The van der Waals surface area contributed by atoms with E-state index < -0.39 is 11.7 Å². The third-order valence-electron chi connectivity index (χ3n) is 8.36. The van der Waals surface area contributed by atoms with Gasteiger partial charge in [0.2, 0.25) is 0 Å². The molecule has 0 bridgehead atoms. The summed E-state index contributed by atoms with van der Waals surface area (Å²) in [6.07, 6.45) is -1.12. The third kappa shape index (κ3) is 7.21. The van der Waals surface area contributed by atoms with E-state index in [4.69, 9.17) is 4.74 Å². The van der Waals surface area contributed by atoms with Crippen molar-refractivity contribution in [2.45, 2.75) is 64.3 Å². The monoisotopic (exact) mass is 627 g/mol. The van der Waals surface area contributed by atoms with Gasteiger partial charge in [-0.3, -0.25) is 14.6 Å². The maximum Gasteiger partial charge on any atom is 0.416 e. The lowest BCUT2D eigenvalue weighted by atomic mass is 9.86. The first-order valence-corrected chi connectivity index (χ1v) is 15.2. The molecule has 222 valence electrons. The molecule has 0 radical (unpaired) electrons. The van der Waals surface area contributed by atoms with Gasteiger partial charge in [-0.05, 0) is 64.1 Å². The summed E-state index contributed by atoms with van der Waals surface area (Å²) in [5.41, 5.74) is 2.18. The van der Waals surface area contributed by atoms with Crippen molar-refractivity contribution in [1.82, 2.24) is 24.7 Å². The quantitative estimate of drug-likeness (QED) is 0.394. The minimum Gasteiger partial charge on any atom is -0.383 e. The second kappa shape index (κ2) is 13.7. The summed E-state index contributed by atoms with van der Waals surface area (Å²) in [6, 6.07) is 5.52. The Morgan fingerprint density at radius 3 is 2.15 bits per heavy atom. The molecule has 0 saturated carbocycles. The largest absolute Gasteiger partial charge is 0.416 e. The molecule has 2 fully saturated rings. The normalized spacial score (nSPS) is 20.9. The van der Waals surface area contributed by atoms with Gasteiger partial charge in [0, 0.05) is 51.4 Å². The van der Waals surface area contributed by atoms with Gasteiger partial charge in [0.05, 0.1) is 35.2 Å². The first-order chi connectivity index (χ1) is 18.9. The number of carbonyl (C=O) groups is 1. The molecule has 40 heavy (non-hydrogen) atoms. The summed E-state index contributed by atoms with van der Waals surface area (Å²) < 4.78 is 44.7. The second-order valence-corrected chi connectivity index (χ2v) is 10.8. The van der Waals surface area contributed by atoms with Gasteiger partial charge in [0.15, 0.2) is 0 Å². The van der Waals surface area contributed by atoms with Crippen molar-refractivity contribution in [2.24, 2.45) is 0 Å². The minimum absolute atomic E-state index is 0.000198. The van der Waals surface area contributed by atoms with Crippen LogP contribution in [0.1, 0.15) is 65.6 Å². The van der Waals surface area contributed by atoms with E-state index in [0.29, 0.717) is 36.6 Å². The first-order valence-electron chi connectivity index (χ1n) is 13.6. The Bertz CT molecular complexity index is 1100. The number of piperazine rings is 1. The molecular formula is C29H41BrF3N5O2. The van der Waals surface area contributed by atoms with Crippen LogP contribution in [0.3, 0.4) is 0 Å². The molecule has 11 heteroatoms. The maximum atomic E-state index is 13.2. The lowest BCUT2D eigenvalue weighted by Crippen LogP contribution is -2.62. The van der Waals surface area contributed by atoms with Crippen molar-refractivity contribution in [3.63, 3.8) is 0 Å². The summed E-state index contributed by atoms with van der Waals surface area (Å²) in [5.74, 6) is 1.81. The number of alkyl halides is 4. The fraction of sp³-hybridized carbons (Fsp3) is 0.621. The number of likely N-dealkylation sites (tertiary alicyclic amines) is 1. The zero-order valence-electron chi connectivity index (χ0n) is 24.3. The van der Waals surface area contributed by atoms with Gasteiger partial charge < -0.3 is 9.64 Å². The second-order valence-electron chi connectivity index (χ2n) is 10.8. The SMILES string of the molecule is CBr.COC[C@@H](c1ccc(C(F)(F)F)cc1)N1CCN(C2(C)CCN(C(=O)c3c(C)ncnc3C)CC2)C[C@@H]1C. The molecule has 0 aliphatic carbocycles. The highest BCUT2D eigenvalue weighted by Crippen LogP contribution is 2.35. The number of halogens is 4. The van der Waals surface area contributed by atoms with Crippen molar-refractivity contribution < 1.29 is 22.7 Å². The van der Waals surface area contributed by atoms with Crippen LogP contribution < -0.4 is 0 Å². The number of hydrogen-bond donors (Lipinski definition) is 0. The summed E-state index contributed by atoms with van der Waals surface area (Å²) in [5, 5.41) is 0. The van der Waals surface area contributed by atoms with Gasteiger partial charge in [-0.15, -0.1) is 0 Å². The predicted molar refractivity (Wildman–Crippen MR) is 154 cm³/mol. The van der Waals surface area contributed by atoms with Crippen LogP contribution in [0.4, 0.5) is 13.2 Å². The van der Waals surface area contributed by atoms with E-state index in [1.807, 2.05) is 24.6 Å². The number of methoxy groups -OCH3 is 1. The molecule has 1 aromatic carbocycles. The molecule has 2 aliphatic heterocycles. The number of benzene rings is 1. The van der Waals surface area contributed by atoms with E-state index in [1.165, 1.54) is 6.33 Å². The zero-order valence-corrected chi connectivity index (χ0v) is 25.8. The minimum atomic E-state index is -4.35. The Balaban J connectivity index is 0.00000216. The fourth-order valence-electron chi connectivity index (χ4n) is 5.93. The average molecular weight is 629 g/mol. The van der Waals surface area contributed by atoms with Crippen LogP contribution in [0.15, 0.2) is 30.6 Å². The van der Waals surface area contributed by atoms with E-state index in [9.17, 15) is 18.0 Å². The number of piperidine rings is 1. The van der Waals surface area contributed by atoms with Crippen molar-refractivity contribution in [2.75, 3.05) is 52.3 Å². The summed E-state index contributed by atoms with van der Waals surface area (Å²) in [6.45, 7) is 12.4. The van der Waals surface area contributed by atoms with E-state index in [-0.39, 0.29) is 23.5 Å². The molecule has 3 heterocycles. The van der Waals surface area contributed by atoms with Gasteiger partial charge in [-0.2, -0.15) is 13.2 Å². The summed E-state index contributed by atoms with van der Waals surface area (Å²) in [4.78, 5) is 28.4. The van der Waals surface area contributed by atoms with E-state index in [2.05, 4.69) is 49.5 Å². The lowest BCUT2D eigenvalue weighted by Gasteiger charge is -2.52. The standard InChI is InChI=1S/C28H38F3N5O2.CH3Br/c1-19-16-35(14-15-36(19)24(17-38-5)22-6-8-23(9-7-22)28(29,30)31)27(4)10-12-34(13-11-27)26(37)25-20(2)32-18-33-21(25)3;1-2/h6-9,18-19,24H,10-17H2,1-5H3;1H3/t19-,24-;/m0./s1. The molecule has 2 aromatic rings. The van der Waals surface area contributed by atoms with Gasteiger partial charge in [-0.1, -0.05) is 28.1 Å². The van der Waals surface area contributed by atoms with Gasteiger partial charge in [0.25, 0.3) is 5.91 Å². The highest BCUT2D eigenvalue weighted by Gasteiger charge is 2.41. The highest BCUT2D eigenvalue weighted by atomic mass is 79.9. The molecule has 0 N–H and O–H groups in total. The molecule has 2 atom stereocenters. The van der Waals surface area contributed by atoms with E-state index in [0.717, 1.165) is 50.2 Å². The topological polar surface area (TPSA) is 61.8 Å². The fourth-order valence-corrected chi connectivity index (χ4v) is 5.93. The maximum absolute atomic E-state index is 13.2. The number of amides is 1. The Morgan fingerprint density at radius 2 is 1.65 bits per heavy atom. The van der Waals surface area contributed by atoms with Crippen LogP contribution in [-0.4, -0.2) is 94.4 Å². The molecule has 1 amide bonds. The van der Waals surface area contributed by atoms with Gasteiger partial charge in [-0.25, -0.2) is 9.97 Å². The Morgan fingerprint density at radius 1 is 1.07 bits per heavy atom. The van der Waals surface area contributed by atoms with Gasteiger partial charge in [0.1, 0.15) is 6.33 Å². The zero-order chi connectivity index (χ0) is 29.7. The first kappa shape index (κ1) is 32.4. The molecule has 0 spiro atoms. The number of hydrogen-bond acceptors (Lipinski definition) is 6. The van der Waals surface area contributed by atoms with Crippen molar-refractivity contribution in [3.05, 3.63) is 58.7 Å². The molecule has 2 aliphatic rings. The molecule has 2 saturated heterocycles. The molecular weight excluding hydrogens is 587 g/mol. The van der Waals surface area contributed by atoms with Crippen LogP contribution in [0, 0.1) is 13.8 Å². The number of carbonyl (C=O) groups excluding carboxylic acids is 1. The van der Waals surface area contributed by atoms with Crippen molar-refractivity contribution in [3.8, 4) is 0 Å². The van der Waals surface area contributed by atoms with E-state index >= 15 is 0 Å². The molecule has 0 unspecified atom stereocenters. The Kier molecular flexibility index (Phi) is 11.1. The summed E-state index contributed by atoms with van der Waals surface area (Å²) in [7, 11) is 1.62. The smallest absolute Gasteiger partial charge is 0.383 e. The van der Waals surface area contributed by atoms with Crippen LogP contribution >= 0.6 is 15.9 Å². The Hall–Kier alpha value is -2.08. The van der Waals surface area contributed by atoms with E-state index in [1.54, 1.807) is 19.2 Å². The Labute approximate surface area is 244 Å². The lowest BCUT2D eigenvalue weighted by molar-refractivity contribution is -0.137. The number of ether oxygens (including phenoxy) is 1. The summed E-state index contributed by atoms with van der Waals surface area (Å²) >= 11 is 2.94. The van der Waals surface area contributed by atoms with Crippen LogP contribution in [-0.2, 0) is 10.9 Å². The van der Waals surface area contributed by atoms with Gasteiger partial charge >= 0.3 is 6.18 Å². The molecule has 4 rings (SSSR count). The number of nitrogens with zero attached hydrogens (tertiary/aromatic N) is 5. The van der Waals surface area contributed by atoms with Crippen LogP contribution in [0.5, 0.6) is 0 Å². The average Bonchev–Trinajstić information content (AvgIpc) is 2.93. The number of rotatable bonds is 6. The predicted octanol–water partition coefficient (Wildman–Crippen LogP) is 5.51. The molecule has 7 nitrogen and oxygen atoms in total.